The number of nitrogens with zero attached hydrogens (tertiary/aromatic N) is 3. The highest BCUT2D eigenvalue weighted by molar-refractivity contribution is 7.99. The molecular weight excluding hydrogens is 388 g/mol. The number of amides is 3. The monoisotopic (exact) mass is 408 g/mol. The first-order valence-electron chi connectivity index (χ1n) is 9.33. The van der Waals surface area contributed by atoms with Crippen molar-refractivity contribution in [3.05, 3.63) is 70.5 Å². The van der Waals surface area contributed by atoms with Crippen LogP contribution in [-0.4, -0.2) is 45.2 Å². The van der Waals surface area contributed by atoms with Crippen LogP contribution in [0.15, 0.2) is 64.5 Å². The number of nitrogens with one attached hydrogen (secondary N) is 1. The SMILES string of the molecule is C[C@H](c1ccccc1)n1c(SCC(=O)N2CCNC2=O)nc2ccccc2c1=O. The molecule has 0 saturated carbocycles. The second-order valence-electron chi connectivity index (χ2n) is 6.74. The molecular formula is C21H20N4O3S. The Balaban J connectivity index is 1.72. The molecule has 2 heterocycles. The van der Waals surface area contributed by atoms with Crippen LogP contribution in [0.3, 0.4) is 0 Å². The zero-order valence-electron chi connectivity index (χ0n) is 15.9. The summed E-state index contributed by atoms with van der Waals surface area (Å²) in [4.78, 5) is 43.3. The molecule has 148 valence electrons. The van der Waals surface area contributed by atoms with Gasteiger partial charge in [0.05, 0.1) is 22.7 Å². The molecule has 0 spiro atoms. The smallest absolute Gasteiger partial charge is 0.324 e. The highest BCUT2D eigenvalue weighted by Crippen LogP contribution is 2.25. The molecule has 1 aromatic heterocycles. The molecule has 1 fully saturated rings. The lowest BCUT2D eigenvalue weighted by molar-refractivity contribution is -0.124. The number of carbonyl (C=O) groups is 2. The van der Waals surface area contributed by atoms with E-state index >= 15 is 0 Å². The van der Waals surface area contributed by atoms with Crippen molar-refractivity contribution in [2.24, 2.45) is 0 Å². The number of benzene rings is 2. The fourth-order valence-electron chi connectivity index (χ4n) is 3.36. The summed E-state index contributed by atoms with van der Waals surface area (Å²) in [5, 5.41) is 3.61. The van der Waals surface area contributed by atoms with Crippen molar-refractivity contribution in [3.8, 4) is 0 Å². The van der Waals surface area contributed by atoms with Crippen molar-refractivity contribution in [3.63, 3.8) is 0 Å². The normalized spacial score (nSPS) is 14.8. The zero-order valence-corrected chi connectivity index (χ0v) is 16.7. The van der Waals surface area contributed by atoms with E-state index < -0.39 is 0 Å². The molecule has 8 heteroatoms. The number of carbonyl (C=O) groups excluding carboxylic acids is 2. The summed E-state index contributed by atoms with van der Waals surface area (Å²) in [6, 6.07) is 16.2. The molecule has 7 nitrogen and oxygen atoms in total. The van der Waals surface area contributed by atoms with Crippen LogP contribution in [-0.2, 0) is 4.79 Å². The maximum atomic E-state index is 13.3. The molecule has 1 N–H and O–H groups in total. The summed E-state index contributed by atoms with van der Waals surface area (Å²) < 4.78 is 1.62. The molecule has 1 saturated heterocycles. The highest BCUT2D eigenvalue weighted by Gasteiger charge is 2.27. The van der Waals surface area contributed by atoms with Crippen LogP contribution in [0.4, 0.5) is 4.79 Å². The number of rotatable bonds is 5. The van der Waals surface area contributed by atoms with Gasteiger partial charge in [-0.05, 0) is 24.6 Å². The first-order valence-corrected chi connectivity index (χ1v) is 10.3. The molecule has 0 bridgehead atoms. The van der Waals surface area contributed by atoms with E-state index in [1.807, 2.05) is 49.4 Å². The number of para-hydroxylation sites is 1. The second kappa shape index (κ2) is 8.08. The average Bonchev–Trinajstić information content (AvgIpc) is 3.18. The topological polar surface area (TPSA) is 84.3 Å². The van der Waals surface area contributed by atoms with Gasteiger partial charge >= 0.3 is 6.03 Å². The van der Waals surface area contributed by atoms with Crippen molar-refractivity contribution >= 4 is 34.6 Å². The Morgan fingerprint density at radius 3 is 2.59 bits per heavy atom. The van der Waals surface area contributed by atoms with Crippen LogP contribution in [0.25, 0.3) is 10.9 Å². The molecule has 3 aromatic rings. The molecule has 0 unspecified atom stereocenters. The summed E-state index contributed by atoms with van der Waals surface area (Å²) in [5.74, 6) is -0.272. The zero-order chi connectivity index (χ0) is 20.4. The van der Waals surface area contributed by atoms with E-state index in [2.05, 4.69) is 10.3 Å². The Kier molecular flexibility index (Phi) is 5.35. The van der Waals surface area contributed by atoms with Crippen LogP contribution in [0.5, 0.6) is 0 Å². The minimum atomic E-state index is -0.378. The minimum absolute atomic E-state index is 0.0275. The lowest BCUT2D eigenvalue weighted by atomic mass is 10.1. The van der Waals surface area contributed by atoms with Crippen LogP contribution >= 0.6 is 11.8 Å². The molecule has 4 rings (SSSR count). The van der Waals surface area contributed by atoms with Gasteiger partial charge in [-0.2, -0.15) is 0 Å². The Morgan fingerprint density at radius 2 is 1.86 bits per heavy atom. The number of hydrogen-bond acceptors (Lipinski definition) is 5. The lowest BCUT2D eigenvalue weighted by Gasteiger charge is -2.20. The quantitative estimate of drug-likeness (QED) is 0.518. The van der Waals surface area contributed by atoms with Gasteiger partial charge in [0.2, 0.25) is 5.91 Å². The van der Waals surface area contributed by atoms with E-state index in [0.29, 0.717) is 29.1 Å². The molecule has 1 aliphatic heterocycles. The third kappa shape index (κ3) is 3.75. The first kappa shape index (κ1) is 19.2. The van der Waals surface area contributed by atoms with Gasteiger partial charge in [-0.25, -0.2) is 9.78 Å². The lowest BCUT2D eigenvalue weighted by Crippen LogP contribution is -2.35. The molecule has 0 radical (unpaired) electrons. The molecule has 3 amide bonds. The van der Waals surface area contributed by atoms with Gasteiger partial charge in [0.25, 0.3) is 5.56 Å². The van der Waals surface area contributed by atoms with Crippen molar-refractivity contribution in [1.29, 1.82) is 0 Å². The predicted molar refractivity (Wildman–Crippen MR) is 112 cm³/mol. The number of hydrogen-bond donors (Lipinski definition) is 1. The third-order valence-electron chi connectivity index (χ3n) is 4.93. The Bertz CT molecular complexity index is 1130. The molecule has 29 heavy (non-hydrogen) atoms. The number of imide groups is 1. The van der Waals surface area contributed by atoms with Gasteiger partial charge < -0.3 is 5.32 Å². The third-order valence-corrected chi connectivity index (χ3v) is 5.86. The van der Waals surface area contributed by atoms with Gasteiger partial charge in [-0.1, -0.05) is 54.2 Å². The van der Waals surface area contributed by atoms with Crippen molar-refractivity contribution in [1.82, 2.24) is 19.8 Å². The fraction of sp³-hybridized carbons (Fsp3) is 0.238. The van der Waals surface area contributed by atoms with Crippen molar-refractivity contribution in [2.45, 2.75) is 18.1 Å². The molecule has 0 aliphatic carbocycles. The minimum Gasteiger partial charge on any atom is -0.336 e. The van der Waals surface area contributed by atoms with Gasteiger partial charge in [-0.3, -0.25) is 19.1 Å². The van der Waals surface area contributed by atoms with E-state index in [1.54, 1.807) is 16.7 Å². The first-order chi connectivity index (χ1) is 14.1. The van der Waals surface area contributed by atoms with Gasteiger partial charge in [0, 0.05) is 13.1 Å². The summed E-state index contributed by atoms with van der Waals surface area (Å²) in [6.07, 6.45) is 0. The van der Waals surface area contributed by atoms with Crippen LogP contribution in [0.2, 0.25) is 0 Å². The van der Waals surface area contributed by atoms with E-state index in [9.17, 15) is 14.4 Å². The van der Waals surface area contributed by atoms with E-state index in [4.69, 9.17) is 0 Å². The second-order valence-corrected chi connectivity index (χ2v) is 7.68. The van der Waals surface area contributed by atoms with E-state index in [0.717, 1.165) is 5.56 Å². The maximum absolute atomic E-state index is 13.3. The fourth-order valence-corrected chi connectivity index (χ4v) is 4.31. The summed E-state index contributed by atoms with van der Waals surface area (Å²) in [5.41, 5.74) is 1.41. The van der Waals surface area contributed by atoms with Crippen molar-refractivity contribution in [2.75, 3.05) is 18.8 Å². The van der Waals surface area contributed by atoms with Crippen molar-refractivity contribution < 1.29 is 9.59 Å². The van der Waals surface area contributed by atoms with Gasteiger partial charge in [0.15, 0.2) is 5.16 Å². The molecule has 1 aliphatic rings. The number of aromatic nitrogens is 2. The van der Waals surface area contributed by atoms with Crippen LogP contribution < -0.4 is 10.9 Å². The Morgan fingerprint density at radius 1 is 1.14 bits per heavy atom. The highest BCUT2D eigenvalue weighted by atomic mass is 32.2. The number of thioether (sulfide) groups is 1. The maximum Gasteiger partial charge on any atom is 0.324 e. The Hall–Kier alpha value is -3.13. The molecule has 1 atom stereocenters. The van der Waals surface area contributed by atoms with Gasteiger partial charge in [-0.15, -0.1) is 0 Å². The average molecular weight is 408 g/mol. The van der Waals surface area contributed by atoms with Crippen LogP contribution in [0, 0.1) is 0 Å². The van der Waals surface area contributed by atoms with E-state index in [1.165, 1.54) is 16.7 Å². The summed E-state index contributed by atoms with van der Waals surface area (Å²) in [6.45, 7) is 2.75. The standard InChI is InChI=1S/C21H20N4O3S/c1-14(15-7-3-2-4-8-15)25-19(27)16-9-5-6-10-17(16)23-21(25)29-13-18(26)24-12-11-22-20(24)28/h2-10,14H,11-13H2,1H3,(H,22,28)/t14-/m1/s1. The van der Waals surface area contributed by atoms with Crippen LogP contribution in [0.1, 0.15) is 18.5 Å². The van der Waals surface area contributed by atoms with E-state index in [-0.39, 0.29) is 29.3 Å². The summed E-state index contributed by atoms with van der Waals surface area (Å²) in [7, 11) is 0. The molecule has 2 aromatic carbocycles. The number of urea groups is 1. The summed E-state index contributed by atoms with van der Waals surface area (Å²) >= 11 is 1.18. The Labute approximate surface area is 171 Å². The largest absolute Gasteiger partial charge is 0.336 e. The number of fused-ring (bicyclic) bond motifs is 1. The predicted octanol–water partition coefficient (Wildman–Crippen LogP) is 2.65. The van der Waals surface area contributed by atoms with Gasteiger partial charge in [0.1, 0.15) is 0 Å².